The van der Waals surface area contributed by atoms with Crippen LogP contribution >= 0.6 is 27.5 Å². The molecule has 1 N–H and O–H groups in total. The van der Waals surface area contributed by atoms with Crippen LogP contribution in [-0.2, 0) is 13.0 Å². The molecule has 3 heteroatoms. The molecule has 1 aromatic carbocycles. The summed E-state index contributed by atoms with van der Waals surface area (Å²) >= 11 is 9.66. The summed E-state index contributed by atoms with van der Waals surface area (Å²) in [5.74, 6) is 0.741. The first-order valence-electron chi connectivity index (χ1n) is 5.76. The van der Waals surface area contributed by atoms with Crippen LogP contribution in [0.15, 0.2) is 16.6 Å². The molecule has 0 spiro atoms. The smallest absolute Gasteiger partial charge is 0.0420 e. The van der Waals surface area contributed by atoms with E-state index in [4.69, 9.17) is 11.6 Å². The van der Waals surface area contributed by atoms with Crippen molar-refractivity contribution in [3.8, 4) is 0 Å². The molecular formula is C13H17BrClN. The first-order chi connectivity index (χ1) is 7.56. The summed E-state index contributed by atoms with van der Waals surface area (Å²) in [6, 6.07) is 4.67. The van der Waals surface area contributed by atoms with Gasteiger partial charge < -0.3 is 5.32 Å². The second kappa shape index (κ2) is 5.07. The van der Waals surface area contributed by atoms with Gasteiger partial charge in [0.05, 0.1) is 0 Å². The monoisotopic (exact) mass is 301 g/mol. The van der Waals surface area contributed by atoms with Crippen molar-refractivity contribution in [1.29, 1.82) is 0 Å². The Bertz CT molecular complexity index is 390. The third-order valence-electron chi connectivity index (χ3n) is 3.04. The van der Waals surface area contributed by atoms with E-state index in [1.807, 2.05) is 6.07 Å². The SMILES string of the molecule is CC(C)CC1Cc2c(Br)cc(Cl)cc2CN1. The normalized spacial score (nSPS) is 19.9. The van der Waals surface area contributed by atoms with Gasteiger partial charge in [-0.1, -0.05) is 41.4 Å². The molecule has 0 aromatic heterocycles. The van der Waals surface area contributed by atoms with E-state index in [0.717, 1.165) is 28.4 Å². The van der Waals surface area contributed by atoms with E-state index < -0.39 is 0 Å². The van der Waals surface area contributed by atoms with Gasteiger partial charge >= 0.3 is 0 Å². The number of benzene rings is 1. The van der Waals surface area contributed by atoms with E-state index in [1.54, 1.807) is 0 Å². The van der Waals surface area contributed by atoms with E-state index in [2.05, 4.69) is 41.2 Å². The maximum atomic E-state index is 6.04. The number of halogens is 2. The van der Waals surface area contributed by atoms with Crippen LogP contribution in [0.1, 0.15) is 31.4 Å². The molecule has 1 aromatic rings. The standard InChI is InChI=1S/C13H17BrClN/c1-8(2)3-11-6-12-9(7-16-11)4-10(15)5-13(12)14/h4-5,8,11,16H,3,6-7H2,1-2H3. The Morgan fingerprint density at radius 3 is 2.94 bits per heavy atom. The van der Waals surface area contributed by atoms with Crippen molar-refractivity contribution in [2.24, 2.45) is 5.92 Å². The Morgan fingerprint density at radius 1 is 1.50 bits per heavy atom. The number of rotatable bonds is 2. The largest absolute Gasteiger partial charge is 0.310 e. The minimum absolute atomic E-state index is 0.602. The molecule has 0 radical (unpaired) electrons. The van der Waals surface area contributed by atoms with E-state index in [9.17, 15) is 0 Å². The first kappa shape index (κ1) is 12.4. The number of nitrogens with one attached hydrogen (secondary N) is 1. The van der Waals surface area contributed by atoms with E-state index in [1.165, 1.54) is 17.5 Å². The average molecular weight is 303 g/mol. The Hall–Kier alpha value is -0.0500. The van der Waals surface area contributed by atoms with Crippen LogP contribution in [0.2, 0.25) is 5.02 Å². The second-order valence-electron chi connectivity index (χ2n) is 4.94. The van der Waals surface area contributed by atoms with Crippen LogP contribution in [0.4, 0.5) is 0 Å². The molecule has 1 nitrogen and oxygen atoms in total. The molecule has 16 heavy (non-hydrogen) atoms. The zero-order valence-electron chi connectivity index (χ0n) is 9.69. The van der Waals surface area contributed by atoms with Gasteiger partial charge in [-0.25, -0.2) is 0 Å². The summed E-state index contributed by atoms with van der Waals surface area (Å²) < 4.78 is 1.16. The van der Waals surface area contributed by atoms with E-state index >= 15 is 0 Å². The molecule has 1 aliphatic heterocycles. The summed E-state index contributed by atoms with van der Waals surface area (Å²) in [6.45, 7) is 5.48. The molecule has 1 aliphatic rings. The molecule has 1 unspecified atom stereocenters. The van der Waals surface area contributed by atoms with Crippen molar-refractivity contribution < 1.29 is 0 Å². The molecule has 0 amide bonds. The van der Waals surface area contributed by atoms with Crippen molar-refractivity contribution in [1.82, 2.24) is 5.32 Å². The highest BCUT2D eigenvalue weighted by Crippen LogP contribution is 2.30. The van der Waals surface area contributed by atoms with Gasteiger partial charge in [-0.2, -0.15) is 0 Å². The van der Waals surface area contributed by atoms with Gasteiger partial charge in [-0.15, -0.1) is 0 Å². The maximum Gasteiger partial charge on any atom is 0.0420 e. The van der Waals surface area contributed by atoms with Crippen LogP contribution < -0.4 is 5.32 Å². The van der Waals surface area contributed by atoms with Crippen molar-refractivity contribution in [3.05, 3.63) is 32.8 Å². The zero-order valence-corrected chi connectivity index (χ0v) is 12.0. The van der Waals surface area contributed by atoms with Crippen molar-refractivity contribution in [2.45, 2.75) is 39.3 Å². The van der Waals surface area contributed by atoms with Gasteiger partial charge in [0, 0.05) is 22.1 Å². The van der Waals surface area contributed by atoms with E-state index in [-0.39, 0.29) is 0 Å². The topological polar surface area (TPSA) is 12.0 Å². The Kier molecular flexibility index (Phi) is 3.93. The molecule has 0 saturated heterocycles. The first-order valence-corrected chi connectivity index (χ1v) is 6.93. The van der Waals surface area contributed by atoms with Crippen LogP contribution in [0.25, 0.3) is 0 Å². The lowest BCUT2D eigenvalue weighted by Crippen LogP contribution is -2.36. The summed E-state index contributed by atoms with van der Waals surface area (Å²) in [6.07, 6.45) is 2.33. The summed E-state index contributed by atoms with van der Waals surface area (Å²) in [7, 11) is 0. The summed E-state index contributed by atoms with van der Waals surface area (Å²) in [5.41, 5.74) is 2.76. The van der Waals surface area contributed by atoms with Crippen LogP contribution in [0.3, 0.4) is 0 Å². The fourth-order valence-electron chi connectivity index (χ4n) is 2.35. The Labute approximate surface area is 111 Å². The van der Waals surface area contributed by atoms with Crippen LogP contribution in [-0.4, -0.2) is 6.04 Å². The summed E-state index contributed by atoms with van der Waals surface area (Å²) in [5, 5.41) is 4.40. The highest BCUT2D eigenvalue weighted by molar-refractivity contribution is 9.10. The molecule has 1 atom stereocenters. The predicted octanol–water partition coefficient (Wildman–Crippen LogP) is 4.16. The van der Waals surface area contributed by atoms with Crippen molar-refractivity contribution >= 4 is 27.5 Å². The third-order valence-corrected chi connectivity index (χ3v) is 3.97. The van der Waals surface area contributed by atoms with Gasteiger partial charge in [0.1, 0.15) is 0 Å². The molecule has 88 valence electrons. The minimum atomic E-state index is 0.602. The third kappa shape index (κ3) is 2.79. The van der Waals surface area contributed by atoms with Gasteiger partial charge in [0.2, 0.25) is 0 Å². The molecular weight excluding hydrogens is 286 g/mol. The van der Waals surface area contributed by atoms with Crippen molar-refractivity contribution in [2.75, 3.05) is 0 Å². The van der Waals surface area contributed by atoms with Crippen molar-refractivity contribution in [3.63, 3.8) is 0 Å². The van der Waals surface area contributed by atoms with Gasteiger partial charge in [0.25, 0.3) is 0 Å². The second-order valence-corrected chi connectivity index (χ2v) is 6.23. The van der Waals surface area contributed by atoms with Crippen LogP contribution in [0, 0.1) is 5.92 Å². The Balaban J connectivity index is 2.20. The van der Waals surface area contributed by atoms with Gasteiger partial charge in [-0.05, 0) is 42.0 Å². The van der Waals surface area contributed by atoms with E-state index in [0.29, 0.717) is 6.04 Å². The summed E-state index contributed by atoms with van der Waals surface area (Å²) in [4.78, 5) is 0. The molecule has 0 fully saturated rings. The van der Waals surface area contributed by atoms with Gasteiger partial charge in [-0.3, -0.25) is 0 Å². The lowest BCUT2D eigenvalue weighted by Gasteiger charge is -2.28. The molecule has 1 heterocycles. The van der Waals surface area contributed by atoms with Crippen LogP contribution in [0.5, 0.6) is 0 Å². The molecule has 0 bridgehead atoms. The molecule has 0 saturated carbocycles. The number of fused-ring (bicyclic) bond motifs is 1. The predicted molar refractivity (Wildman–Crippen MR) is 72.9 cm³/mol. The highest BCUT2D eigenvalue weighted by atomic mass is 79.9. The van der Waals surface area contributed by atoms with Gasteiger partial charge in [0.15, 0.2) is 0 Å². The fourth-order valence-corrected chi connectivity index (χ4v) is 3.39. The zero-order chi connectivity index (χ0) is 11.7. The lowest BCUT2D eigenvalue weighted by molar-refractivity contribution is 0.397. The maximum absolute atomic E-state index is 6.04. The number of hydrogen-bond donors (Lipinski definition) is 1. The minimum Gasteiger partial charge on any atom is -0.310 e. The molecule has 2 rings (SSSR count). The average Bonchev–Trinajstić information content (AvgIpc) is 2.18. The molecule has 0 aliphatic carbocycles. The Morgan fingerprint density at radius 2 is 2.25 bits per heavy atom. The number of hydrogen-bond acceptors (Lipinski definition) is 1. The fraction of sp³-hybridized carbons (Fsp3) is 0.538. The quantitative estimate of drug-likeness (QED) is 0.865. The highest BCUT2D eigenvalue weighted by Gasteiger charge is 2.21. The lowest BCUT2D eigenvalue weighted by atomic mass is 9.91.